The molecule has 4 aromatic rings. The van der Waals surface area contributed by atoms with Crippen LogP contribution in [0.2, 0.25) is 10.0 Å². The number of fused-ring (bicyclic) bond motifs is 2. The Hall–Kier alpha value is -2.83. The Kier molecular flexibility index (Phi) is 5.06. The molecule has 29 heavy (non-hydrogen) atoms. The highest BCUT2D eigenvalue weighted by atomic mass is 35.5. The number of pyridine rings is 1. The number of halogens is 5. The molecule has 0 saturated carbocycles. The molecule has 1 heterocycles. The van der Waals surface area contributed by atoms with Crippen LogP contribution in [0.1, 0.15) is 11.1 Å². The number of aromatic nitrogens is 1. The molecule has 1 N–H and O–H groups in total. The van der Waals surface area contributed by atoms with E-state index in [1.54, 1.807) is 6.21 Å². The molecule has 3 aromatic carbocycles. The van der Waals surface area contributed by atoms with Gasteiger partial charge in [0.1, 0.15) is 0 Å². The predicted molar refractivity (Wildman–Crippen MR) is 112 cm³/mol. The van der Waals surface area contributed by atoms with Gasteiger partial charge in [0.05, 0.1) is 21.8 Å². The Balaban J connectivity index is 1.74. The molecule has 0 fully saturated rings. The lowest BCUT2D eigenvalue weighted by Crippen LogP contribution is -2.06. The van der Waals surface area contributed by atoms with Crippen LogP contribution in [0.3, 0.4) is 0 Å². The van der Waals surface area contributed by atoms with E-state index in [0.29, 0.717) is 11.2 Å². The van der Waals surface area contributed by atoms with Crippen molar-refractivity contribution in [2.45, 2.75) is 6.18 Å². The minimum absolute atomic E-state index is 0.0264. The summed E-state index contributed by atoms with van der Waals surface area (Å²) in [7, 11) is 0. The van der Waals surface area contributed by atoms with E-state index >= 15 is 0 Å². The third-order valence-electron chi connectivity index (χ3n) is 4.44. The maximum atomic E-state index is 12.7. The van der Waals surface area contributed by atoms with Crippen molar-refractivity contribution in [1.82, 2.24) is 4.98 Å². The smallest absolute Gasteiger partial charge is 0.260 e. The lowest BCUT2D eigenvalue weighted by Gasteiger charge is -2.11. The molecule has 0 bridgehead atoms. The molecule has 1 aromatic heterocycles. The molecule has 0 saturated heterocycles. The van der Waals surface area contributed by atoms with Crippen LogP contribution in [0.5, 0.6) is 0 Å². The van der Waals surface area contributed by atoms with E-state index < -0.39 is 11.7 Å². The van der Waals surface area contributed by atoms with Gasteiger partial charge in [0.2, 0.25) is 0 Å². The molecule has 0 aliphatic carbocycles. The minimum atomic E-state index is -4.51. The molecule has 4 rings (SSSR count). The number of anilines is 1. The number of hydrogen-bond acceptors (Lipinski definition) is 3. The first-order chi connectivity index (χ1) is 13.9. The third-order valence-corrected chi connectivity index (χ3v) is 5.14. The largest absolute Gasteiger partial charge is 0.417 e. The number of hydrogen-bond donors (Lipinski definition) is 1. The molecule has 0 amide bonds. The second-order valence-electron chi connectivity index (χ2n) is 6.24. The zero-order valence-corrected chi connectivity index (χ0v) is 16.1. The summed E-state index contributed by atoms with van der Waals surface area (Å²) in [6, 6.07) is 16.1. The van der Waals surface area contributed by atoms with Crippen molar-refractivity contribution in [3.8, 4) is 0 Å². The third kappa shape index (κ3) is 3.73. The molecule has 0 aliphatic rings. The molecule has 0 unspecified atom stereocenters. The van der Waals surface area contributed by atoms with Gasteiger partial charge in [-0.3, -0.25) is 5.43 Å². The van der Waals surface area contributed by atoms with Gasteiger partial charge >= 0.3 is 6.18 Å². The zero-order valence-electron chi connectivity index (χ0n) is 14.6. The van der Waals surface area contributed by atoms with Gasteiger partial charge in [-0.2, -0.15) is 18.3 Å². The van der Waals surface area contributed by atoms with Crippen molar-refractivity contribution in [3.63, 3.8) is 0 Å². The quantitative estimate of drug-likeness (QED) is 0.211. The van der Waals surface area contributed by atoms with Crippen LogP contribution in [0.15, 0.2) is 65.9 Å². The Labute approximate surface area is 173 Å². The fraction of sp³-hybridized carbons (Fsp3) is 0.0476. The number of nitrogens with one attached hydrogen (secondary N) is 1. The number of nitrogens with zero attached hydrogens (tertiary/aromatic N) is 2. The average molecular weight is 434 g/mol. The summed E-state index contributed by atoms with van der Waals surface area (Å²) in [4.78, 5) is 3.72. The minimum Gasteiger partial charge on any atom is -0.260 e. The molecule has 146 valence electrons. The van der Waals surface area contributed by atoms with Gasteiger partial charge in [0.15, 0.2) is 5.82 Å². The summed E-state index contributed by atoms with van der Waals surface area (Å²) in [6.45, 7) is 0. The van der Waals surface area contributed by atoms with E-state index in [2.05, 4.69) is 15.5 Å². The number of rotatable bonds is 3. The van der Waals surface area contributed by atoms with Crippen molar-refractivity contribution in [3.05, 3.63) is 82.0 Å². The normalized spacial score (nSPS) is 12.2. The van der Waals surface area contributed by atoms with Crippen molar-refractivity contribution < 1.29 is 13.2 Å². The summed E-state index contributed by atoms with van der Waals surface area (Å²) < 4.78 is 38.2. The maximum absolute atomic E-state index is 12.7. The van der Waals surface area contributed by atoms with Crippen molar-refractivity contribution in [2.24, 2.45) is 5.10 Å². The van der Waals surface area contributed by atoms with E-state index in [-0.39, 0.29) is 10.8 Å². The van der Waals surface area contributed by atoms with E-state index in [0.717, 1.165) is 33.2 Å². The molecular formula is C21H12Cl2F3N3. The van der Waals surface area contributed by atoms with Gasteiger partial charge in [0.25, 0.3) is 0 Å². The summed E-state index contributed by atoms with van der Waals surface area (Å²) in [5.41, 5.74) is 2.50. The van der Waals surface area contributed by atoms with Crippen LogP contribution in [0, 0.1) is 0 Å². The van der Waals surface area contributed by atoms with Crippen LogP contribution in [-0.4, -0.2) is 11.2 Å². The topological polar surface area (TPSA) is 37.3 Å². The van der Waals surface area contributed by atoms with Gasteiger partial charge in [-0.15, -0.1) is 0 Å². The highest BCUT2D eigenvalue weighted by Crippen LogP contribution is 2.35. The van der Waals surface area contributed by atoms with Gasteiger partial charge in [-0.25, -0.2) is 4.98 Å². The van der Waals surface area contributed by atoms with Crippen LogP contribution in [0.25, 0.3) is 21.5 Å². The Morgan fingerprint density at radius 3 is 1.97 bits per heavy atom. The van der Waals surface area contributed by atoms with Gasteiger partial charge in [-0.1, -0.05) is 71.7 Å². The first-order valence-corrected chi connectivity index (χ1v) is 9.22. The van der Waals surface area contributed by atoms with E-state index in [1.165, 1.54) is 0 Å². The predicted octanol–water partition coefficient (Wildman–Crippen LogP) is 7.16. The molecule has 0 aliphatic heterocycles. The van der Waals surface area contributed by atoms with Gasteiger partial charge in [0, 0.05) is 22.5 Å². The van der Waals surface area contributed by atoms with E-state index in [1.807, 2.05) is 48.5 Å². The lowest BCUT2D eigenvalue weighted by molar-refractivity contribution is -0.137. The molecular weight excluding hydrogens is 422 g/mol. The van der Waals surface area contributed by atoms with Crippen molar-refractivity contribution >= 4 is 56.8 Å². The first kappa shape index (κ1) is 19.5. The van der Waals surface area contributed by atoms with Crippen molar-refractivity contribution in [2.75, 3.05) is 5.43 Å². The van der Waals surface area contributed by atoms with Crippen LogP contribution in [0.4, 0.5) is 19.0 Å². The zero-order chi connectivity index (χ0) is 20.6. The van der Waals surface area contributed by atoms with Gasteiger partial charge in [-0.05, 0) is 16.8 Å². The maximum Gasteiger partial charge on any atom is 0.417 e. The molecule has 3 nitrogen and oxygen atoms in total. The Morgan fingerprint density at radius 1 is 0.897 bits per heavy atom. The van der Waals surface area contributed by atoms with Crippen LogP contribution < -0.4 is 5.43 Å². The fourth-order valence-corrected chi connectivity index (χ4v) is 3.62. The average Bonchev–Trinajstić information content (AvgIpc) is 2.71. The highest BCUT2D eigenvalue weighted by Gasteiger charge is 2.31. The molecule has 0 radical (unpaired) electrons. The van der Waals surface area contributed by atoms with E-state index in [4.69, 9.17) is 23.2 Å². The Bertz CT molecular complexity index is 1200. The number of alkyl halides is 3. The second kappa shape index (κ2) is 7.54. The summed E-state index contributed by atoms with van der Waals surface area (Å²) in [5.74, 6) is 0.0264. The molecule has 8 heteroatoms. The SMILES string of the molecule is FC(F)(F)c1cnc(NN=Cc2c3ccccc3c(Cl)c3ccccc23)c(Cl)c1. The van der Waals surface area contributed by atoms with Crippen LogP contribution >= 0.6 is 23.2 Å². The molecule has 0 atom stereocenters. The second-order valence-corrected chi connectivity index (χ2v) is 7.03. The lowest BCUT2D eigenvalue weighted by atomic mass is 9.97. The standard InChI is InChI=1S/C21H12Cl2F3N3/c22-18-9-12(21(24,25)26)10-27-20(18)29-28-11-17-13-5-1-3-7-15(13)19(23)16-8-4-2-6-14(16)17/h1-11H,(H,27,29). The summed E-state index contributed by atoms with van der Waals surface area (Å²) in [5, 5.41) is 8.16. The Morgan fingerprint density at radius 2 is 1.45 bits per heavy atom. The molecule has 0 spiro atoms. The summed E-state index contributed by atoms with van der Waals surface area (Å²) in [6.07, 6.45) is -2.23. The first-order valence-electron chi connectivity index (χ1n) is 8.47. The fourth-order valence-electron chi connectivity index (χ4n) is 3.08. The number of benzene rings is 3. The highest BCUT2D eigenvalue weighted by molar-refractivity contribution is 6.42. The van der Waals surface area contributed by atoms with Gasteiger partial charge < -0.3 is 0 Å². The monoisotopic (exact) mass is 433 g/mol. The van der Waals surface area contributed by atoms with Crippen LogP contribution in [-0.2, 0) is 6.18 Å². The number of hydrazone groups is 1. The van der Waals surface area contributed by atoms with Crippen molar-refractivity contribution in [1.29, 1.82) is 0 Å². The van der Waals surface area contributed by atoms with E-state index in [9.17, 15) is 13.2 Å². The summed E-state index contributed by atoms with van der Waals surface area (Å²) >= 11 is 12.5.